The number of aromatic nitrogens is 1. The van der Waals surface area contributed by atoms with Crippen molar-refractivity contribution >= 4 is 10.8 Å². The average Bonchev–Trinajstić information content (AvgIpc) is 2.47. The smallest absolute Gasteiger partial charge is 0.122 e. The molecule has 0 aliphatic carbocycles. The molecule has 1 unspecified atom stereocenters. The molecule has 0 aliphatic heterocycles. The van der Waals surface area contributed by atoms with Crippen molar-refractivity contribution in [1.29, 1.82) is 0 Å². The highest BCUT2D eigenvalue weighted by Gasteiger charge is 2.14. The number of fused-ring (bicyclic) bond motifs is 1. The van der Waals surface area contributed by atoms with E-state index in [1.165, 1.54) is 0 Å². The predicted molar refractivity (Wildman–Crippen MR) is 77.0 cm³/mol. The molecular formula is C17H15NO. The molecule has 3 rings (SSSR count). The van der Waals surface area contributed by atoms with Gasteiger partial charge in [0.2, 0.25) is 0 Å². The number of aliphatic hydroxyl groups is 1. The van der Waals surface area contributed by atoms with Crippen LogP contribution in [0.25, 0.3) is 10.8 Å². The highest BCUT2D eigenvalue weighted by Crippen LogP contribution is 2.27. The zero-order valence-electron chi connectivity index (χ0n) is 10.7. The lowest BCUT2D eigenvalue weighted by molar-refractivity contribution is 0.217. The molecule has 0 saturated carbocycles. The van der Waals surface area contributed by atoms with Gasteiger partial charge in [-0.3, -0.25) is 4.98 Å². The summed E-state index contributed by atoms with van der Waals surface area (Å²) in [6, 6.07) is 17.9. The van der Waals surface area contributed by atoms with Crippen LogP contribution in [0.3, 0.4) is 0 Å². The van der Waals surface area contributed by atoms with Crippen LogP contribution in [-0.2, 0) is 0 Å². The molecule has 0 bridgehead atoms. The maximum absolute atomic E-state index is 10.5. The molecule has 0 saturated heterocycles. The summed E-state index contributed by atoms with van der Waals surface area (Å²) in [6.07, 6.45) is 1.09. The Bertz CT molecular complexity index is 699. The molecule has 1 N–H and O–H groups in total. The minimum Gasteiger partial charge on any atom is -0.382 e. The van der Waals surface area contributed by atoms with Crippen LogP contribution < -0.4 is 0 Å². The largest absolute Gasteiger partial charge is 0.382 e. The van der Waals surface area contributed by atoms with Gasteiger partial charge in [0, 0.05) is 6.20 Å². The first-order chi connectivity index (χ1) is 9.25. The number of hydrogen-bond donors (Lipinski definition) is 1. The van der Waals surface area contributed by atoms with Crippen molar-refractivity contribution in [2.24, 2.45) is 0 Å². The van der Waals surface area contributed by atoms with Crippen molar-refractivity contribution in [3.63, 3.8) is 0 Å². The fourth-order valence-corrected chi connectivity index (χ4v) is 2.29. The van der Waals surface area contributed by atoms with Crippen molar-refractivity contribution in [2.45, 2.75) is 13.0 Å². The number of aliphatic hydroxyl groups excluding tert-OH is 1. The van der Waals surface area contributed by atoms with Crippen LogP contribution in [0.15, 0.2) is 60.8 Å². The molecule has 0 spiro atoms. The van der Waals surface area contributed by atoms with E-state index in [0.29, 0.717) is 5.69 Å². The first-order valence-corrected chi connectivity index (χ1v) is 6.34. The maximum Gasteiger partial charge on any atom is 0.122 e. The number of aryl methyl sites for hydroxylation is 1. The summed E-state index contributed by atoms with van der Waals surface area (Å²) in [6.45, 7) is 1.99. The number of benzene rings is 2. The van der Waals surface area contributed by atoms with Gasteiger partial charge in [-0.25, -0.2) is 0 Å². The van der Waals surface area contributed by atoms with E-state index in [1.54, 1.807) is 6.20 Å². The molecule has 2 nitrogen and oxygen atoms in total. The molecule has 1 atom stereocenters. The monoisotopic (exact) mass is 249 g/mol. The van der Waals surface area contributed by atoms with Gasteiger partial charge in [-0.05, 0) is 34.9 Å². The van der Waals surface area contributed by atoms with Crippen LogP contribution in [0.2, 0.25) is 0 Å². The lowest BCUT2D eigenvalue weighted by Crippen LogP contribution is -2.03. The molecule has 2 aromatic carbocycles. The standard InChI is InChI=1S/C17H15NO/c1-12-9-10-16(18-11-12)17(19)15-8-4-6-13-5-2-3-7-14(13)15/h2-11,17,19H,1H3. The van der Waals surface area contributed by atoms with Crippen LogP contribution in [0, 0.1) is 6.92 Å². The topological polar surface area (TPSA) is 33.1 Å². The van der Waals surface area contributed by atoms with Gasteiger partial charge in [0.05, 0.1) is 5.69 Å². The second-order valence-corrected chi connectivity index (χ2v) is 4.73. The summed E-state index contributed by atoms with van der Waals surface area (Å²) in [5, 5.41) is 12.7. The average molecular weight is 249 g/mol. The van der Waals surface area contributed by atoms with Gasteiger partial charge in [-0.15, -0.1) is 0 Å². The molecule has 19 heavy (non-hydrogen) atoms. The van der Waals surface area contributed by atoms with Gasteiger partial charge in [-0.2, -0.15) is 0 Å². The summed E-state index contributed by atoms with van der Waals surface area (Å²) < 4.78 is 0. The lowest BCUT2D eigenvalue weighted by atomic mass is 9.98. The Hall–Kier alpha value is -2.19. The van der Waals surface area contributed by atoms with E-state index in [4.69, 9.17) is 0 Å². The number of hydrogen-bond acceptors (Lipinski definition) is 2. The van der Waals surface area contributed by atoms with Crippen LogP contribution in [0.4, 0.5) is 0 Å². The molecule has 0 fully saturated rings. The molecule has 1 aromatic heterocycles. The molecule has 1 heterocycles. The molecule has 0 aliphatic rings. The number of pyridine rings is 1. The summed E-state index contributed by atoms with van der Waals surface area (Å²) in [7, 11) is 0. The zero-order chi connectivity index (χ0) is 13.2. The Morgan fingerprint density at radius 1 is 0.947 bits per heavy atom. The third-order valence-corrected chi connectivity index (χ3v) is 3.33. The second kappa shape index (κ2) is 4.82. The Morgan fingerprint density at radius 3 is 2.53 bits per heavy atom. The van der Waals surface area contributed by atoms with Crippen molar-refractivity contribution in [2.75, 3.05) is 0 Å². The van der Waals surface area contributed by atoms with Crippen molar-refractivity contribution in [3.8, 4) is 0 Å². The molecular weight excluding hydrogens is 234 g/mol. The normalized spacial score (nSPS) is 12.5. The van der Waals surface area contributed by atoms with E-state index >= 15 is 0 Å². The Morgan fingerprint density at radius 2 is 1.74 bits per heavy atom. The zero-order valence-corrected chi connectivity index (χ0v) is 10.7. The fraction of sp³-hybridized carbons (Fsp3) is 0.118. The molecule has 0 amide bonds. The van der Waals surface area contributed by atoms with Crippen molar-refractivity contribution < 1.29 is 5.11 Å². The van der Waals surface area contributed by atoms with E-state index in [-0.39, 0.29) is 0 Å². The first-order valence-electron chi connectivity index (χ1n) is 6.34. The van der Waals surface area contributed by atoms with Gasteiger partial charge in [0.1, 0.15) is 6.10 Å². The predicted octanol–water partition coefficient (Wildman–Crippen LogP) is 3.62. The van der Waals surface area contributed by atoms with Crippen molar-refractivity contribution in [3.05, 3.63) is 77.6 Å². The minimum atomic E-state index is -0.688. The Kier molecular flexibility index (Phi) is 3.02. The van der Waals surface area contributed by atoms with Crippen LogP contribution in [0.5, 0.6) is 0 Å². The first kappa shape index (κ1) is 11.9. The highest BCUT2D eigenvalue weighted by atomic mass is 16.3. The van der Waals surface area contributed by atoms with Crippen LogP contribution >= 0.6 is 0 Å². The molecule has 3 aromatic rings. The van der Waals surface area contributed by atoms with Crippen LogP contribution in [-0.4, -0.2) is 10.1 Å². The van der Waals surface area contributed by atoms with E-state index in [9.17, 15) is 5.11 Å². The van der Waals surface area contributed by atoms with Gasteiger partial charge < -0.3 is 5.11 Å². The van der Waals surface area contributed by atoms with Gasteiger partial charge >= 0.3 is 0 Å². The number of rotatable bonds is 2. The van der Waals surface area contributed by atoms with E-state index in [1.807, 2.05) is 61.5 Å². The van der Waals surface area contributed by atoms with Gasteiger partial charge in [0.25, 0.3) is 0 Å². The third kappa shape index (κ3) is 2.23. The maximum atomic E-state index is 10.5. The van der Waals surface area contributed by atoms with Gasteiger partial charge in [0.15, 0.2) is 0 Å². The molecule has 0 radical (unpaired) electrons. The number of nitrogens with zero attached hydrogens (tertiary/aromatic N) is 1. The highest BCUT2D eigenvalue weighted by molar-refractivity contribution is 5.86. The Labute approximate surface area is 112 Å². The quantitative estimate of drug-likeness (QED) is 0.752. The SMILES string of the molecule is Cc1ccc(C(O)c2cccc3ccccc23)nc1. The Balaban J connectivity index is 2.11. The second-order valence-electron chi connectivity index (χ2n) is 4.73. The molecule has 94 valence electrons. The van der Waals surface area contributed by atoms with E-state index in [2.05, 4.69) is 4.98 Å². The summed E-state index contributed by atoms with van der Waals surface area (Å²) in [5.74, 6) is 0. The lowest BCUT2D eigenvalue weighted by Gasteiger charge is -2.13. The summed E-state index contributed by atoms with van der Waals surface area (Å²) >= 11 is 0. The fourth-order valence-electron chi connectivity index (χ4n) is 2.29. The summed E-state index contributed by atoms with van der Waals surface area (Å²) in [4.78, 5) is 4.31. The van der Waals surface area contributed by atoms with E-state index < -0.39 is 6.10 Å². The third-order valence-electron chi connectivity index (χ3n) is 3.33. The van der Waals surface area contributed by atoms with Crippen LogP contribution in [0.1, 0.15) is 22.9 Å². The van der Waals surface area contributed by atoms with Gasteiger partial charge in [-0.1, -0.05) is 48.5 Å². The summed E-state index contributed by atoms with van der Waals surface area (Å²) in [5.41, 5.74) is 2.67. The molecule has 2 heteroatoms. The van der Waals surface area contributed by atoms with Crippen molar-refractivity contribution in [1.82, 2.24) is 4.98 Å². The van der Waals surface area contributed by atoms with E-state index in [0.717, 1.165) is 21.9 Å². The minimum absolute atomic E-state index is 0.682.